The number of ketones is 2. The number of non-ortho nitro benzene ring substituents is 2. The van der Waals surface area contributed by atoms with Crippen molar-refractivity contribution in [3.05, 3.63) is 79.9 Å². The standard InChI is InChI=1S/C24H22N2O10/c27-21(15-5-9-17(10-6-15)25(31)32)13-35-23(29)19-3-1-2-4-20(19)24(30)36-14-22(28)16-7-11-18(12-8-16)26(33)34/h5-12,19-20H,1-4,13-14H2. The molecule has 0 N–H and O–H groups in total. The summed E-state index contributed by atoms with van der Waals surface area (Å²) in [4.78, 5) is 70.1. The Balaban J connectivity index is 1.54. The van der Waals surface area contributed by atoms with E-state index in [2.05, 4.69) is 0 Å². The highest BCUT2D eigenvalue weighted by Gasteiger charge is 2.38. The predicted molar refractivity (Wildman–Crippen MR) is 122 cm³/mol. The maximum Gasteiger partial charge on any atom is 0.310 e. The van der Waals surface area contributed by atoms with Crippen LogP contribution in [-0.2, 0) is 19.1 Å². The minimum atomic E-state index is -0.842. The molecule has 1 saturated carbocycles. The van der Waals surface area contributed by atoms with Crippen LogP contribution in [-0.4, -0.2) is 46.6 Å². The van der Waals surface area contributed by atoms with Crippen LogP contribution in [0.3, 0.4) is 0 Å². The van der Waals surface area contributed by atoms with Gasteiger partial charge < -0.3 is 9.47 Å². The first kappa shape index (κ1) is 26.1. The van der Waals surface area contributed by atoms with Gasteiger partial charge in [-0.2, -0.15) is 0 Å². The summed E-state index contributed by atoms with van der Waals surface area (Å²) in [5.41, 5.74) is -0.0890. The quantitative estimate of drug-likeness (QED) is 0.204. The van der Waals surface area contributed by atoms with Crippen molar-refractivity contribution < 1.29 is 38.5 Å². The summed E-state index contributed by atoms with van der Waals surface area (Å²) in [5.74, 6) is -4.28. The molecule has 0 heterocycles. The molecule has 0 bridgehead atoms. The third-order valence-corrected chi connectivity index (χ3v) is 5.86. The number of benzene rings is 2. The molecule has 0 aliphatic heterocycles. The Morgan fingerprint density at radius 2 is 1.00 bits per heavy atom. The molecule has 12 nitrogen and oxygen atoms in total. The van der Waals surface area contributed by atoms with E-state index in [4.69, 9.17) is 9.47 Å². The number of nitrogens with zero attached hydrogens (tertiary/aromatic N) is 2. The van der Waals surface area contributed by atoms with E-state index in [1.165, 1.54) is 48.5 Å². The molecule has 2 atom stereocenters. The van der Waals surface area contributed by atoms with Gasteiger partial charge in [-0.05, 0) is 37.1 Å². The fourth-order valence-corrected chi connectivity index (χ4v) is 3.89. The topological polar surface area (TPSA) is 173 Å². The van der Waals surface area contributed by atoms with Crippen molar-refractivity contribution in [2.75, 3.05) is 13.2 Å². The van der Waals surface area contributed by atoms with E-state index in [1.807, 2.05) is 0 Å². The molecule has 0 aromatic heterocycles. The first-order valence-corrected chi connectivity index (χ1v) is 11.1. The summed E-state index contributed by atoms with van der Waals surface area (Å²) in [6.07, 6.45) is 2.03. The fourth-order valence-electron chi connectivity index (χ4n) is 3.89. The molecular formula is C24H22N2O10. The summed E-state index contributed by atoms with van der Waals surface area (Å²) in [6.45, 7) is -1.18. The molecule has 1 aliphatic rings. The van der Waals surface area contributed by atoms with Crippen molar-refractivity contribution in [2.24, 2.45) is 11.8 Å². The van der Waals surface area contributed by atoms with Gasteiger partial charge in [0, 0.05) is 35.4 Å². The number of Topliss-reactive ketones (excluding diaryl/α,β-unsaturated/α-hetero) is 2. The molecule has 0 spiro atoms. The highest BCUT2D eigenvalue weighted by molar-refractivity contribution is 5.99. The average Bonchev–Trinajstić information content (AvgIpc) is 2.90. The van der Waals surface area contributed by atoms with Gasteiger partial charge in [-0.3, -0.25) is 39.4 Å². The number of carbonyl (C=O) groups is 4. The van der Waals surface area contributed by atoms with Crippen LogP contribution < -0.4 is 0 Å². The van der Waals surface area contributed by atoms with Gasteiger partial charge in [0.2, 0.25) is 0 Å². The molecule has 2 unspecified atom stereocenters. The van der Waals surface area contributed by atoms with Crippen LogP contribution in [0.5, 0.6) is 0 Å². The van der Waals surface area contributed by atoms with Crippen LogP contribution in [0.15, 0.2) is 48.5 Å². The molecule has 1 aliphatic carbocycles. The zero-order valence-corrected chi connectivity index (χ0v) is 19.0. The Hall–Kier alpha value is -4.48. The van der Waals surface area contributed by atoms with Crippen LogP contribution in [0.25, 0.3) is 0 Å². The SMILES string of the molecule is O=C(COC(=O)C1CCCCC1C(=O)OCC(=O)c1ccc([N+](=O)[O-])cc1)c1ccc([N+](=O)[O-])cc1. The van der Waals surface area contributed by atoms with Crippen LogP contribution >= 0.6 is 0 Å². The normalized spacial score (nSPS) is 17.0. The highest BCUT2D eigenvalue weighted by atomic mass is 16.6. The minimum absolute atomic E-state index is 0.137. The van der Waals surface area contributed by atoms with E-state index in [9.17, 15) is 39.4 Å². The van der Waals surface area contributed by atoms with Gasteiger partial charge in [-0.15, -0.1) is 0 Å². The number of nitro groups is 2. The Morgan fingerprint density at radius 1 is 0.667 bits per heavy atom. The van der Waals surface area contributed by atoms with Gasteiger partial charge in [0.05, 0.1) is 21.7 Å². The third kappa shape index (κ3) is 6.56. The van der Waals surface area contributed by atoms with Crippen molar-refractivity contribution in [2.45, 2.75) is 25.7 Å². The van der Waals surface area contributed by atoms with Crippen molar-refractivity contribution in [1.82, 2.24) is 0 Å². The van der Waals surface area contributed by atoms with Crippen molar-refractivity contribution in [1.29, 1.82) is 0 Å². The molecule has 3 rings (SSSR count). The van der Waals surface area contributed by atoms with E-state index in [0.717, 1.165) is 0 Å². The van der Waals surface area contributed by atoms with Gasteiger partial charge in [0.1, 0.15) is 0 Å². The molecule has 2 aromatic rings. The Bertz CT molecular complexity index is 1080. The number of hydrogen-bond acceptors (Lipinski definition) is 10. The zero-order chi connectivity index (χ0) is 26.2. The predicted octanol–water partition coefficient (Wildman–Crippen LogP) is 3.46. The first-order chi connectivity index (χ1) is 17.2. The molecule has 1 fully saturated rings. The van der Waals surface area contributed by atoms with Gasteiger partial charge in [-0.25, -0.2) is 0 Å². The second-order valence-corrected chi connectivity index (χ2v) is 8.17. The van der Waals surface area contributed by atoms with Crippen LogP contribution in [0.4, 0.5) is 11.4 Å². The second-order valence-electron chi connectivity index (χ2n) is 8.17. The van der Waals surface area contributed by atoms with Gasteiger partial charge >= 0.3 is 11.9 Å². The Labute approximate surface area is 204 Å². The van der Waals surface area contributed by atoms with Crippen LogP contribution in [0, 0.1) is 32.1 Å². The Kier molecular flexibility index (Phi) is 8.55. The highest BCUT2D eigenvalue weighted by Crippen LogP contribution is 2.32. The number of rotatable bonds is 10. The molecule has 188 valence electrons. The first-order valence-electron chi connectivity index (χ1n) is 11.1. The molecular weight excluding hydrogens is 476 g/mol. The summed E-state index contributed by atoms with van der Waals surface area (Å²) < 4.78 is 10.3. The van der Waals surface area contributed by atoms with E-state index < -0.39 is 58.4 Å². The number of carbonyl (C=O) groups excluding carboxylic acids is 4. The van der Waals surface area contributed by atoms with Gasteiger partial charge in [0.25, 0.3) is 11.4 Å². The van der Waals surface area contributed by atoms with Crippen molar-refractivity contribution >= 4 is 34.9 Å². The minimum Gasteiger partial charge on any atom is -0.457 e. The van der Waals surface area contributed by atoms with E-state index in [-0.39, 0.29) is 22.5 Å². The molecule has 0 saturated heterocycles. The maximum atomic E-state index is 12.6. The van der Waals surface area contributed by atoms with E-state index >= 15 is 0 Å². The summed E-state index contributed by atoms with van der Waals surface area (Å²) in [5, 5.41) is 21.4. The summed E-state index contributed by atoms with van der Waals surface area (Å²) >= 11 is 0. The number of nitro benzene ring substituents is 2. The lowest BCUT2D eigenvalue weighted by Gasteiger charge is -2.28. The average molecular weight is 498 g/mol. The Morgan fingerprint density at radius 3 is 1.31 bits per heavy atom. The lowest BCUT2D eigenvalue weighted by molar-refractivity contribution is -0.385. The second kappa shape index (κ2) is 11.8. The zero-order valence-electron chi connectivity index (χ0n) is 19.0. The monoisotopic (exact) mass is 498 g/mol. The summed E-state index contributed by atoms with van der Waals surface area (Å²) in [6, 6.07) is 9.71. The molecule has 0 amide bonds. The van der Waals surface area contributed by atoms with Crippen molar-refractivity contribution in [3.63, 3.8) is 0 Å². The van der Waals surface area contributed by atoms with Gasteiger partial charge in [0.15, 0.2) is 24.8 Å². The van der Waals surface area contributed by atoms with Crippen LogP contribution in [0.2, 0.25) is 0 Å². The third-order valence-electron chi connectivity index (χ3n) is 5.86. The van der Waals surface area contributed by atoms with E-state index in [1.54, 1.807) is 0 Å². The number of ether oxygens (including phenoxy) is 2. The fraction of sp³-hybridized carbons (Fsp3) is 0.333. The lowest BCUT2D eigenvalue weighted by atomic mass is 9.79. The molecule has 0 radical (unpaired) electrons. The largest absolute Gasteiger partial charge is 0.457 e. The lowest BCUT2D eigenvalue weighted by Crippen LogP contribution is -2.36. The molecule has 12 heteroatoms. The maximum absolute atomic E-state index is 12.6. The van der Waals surface area contributed by atoms with Crippen molar-refractivity contribution in [3.8, 4) is 0 Å². The number of esters is 2. The van der Waals surface area contributed by atoms with Gasteiger partial charge in [-0.1, -0.05) is 12.8 Å². The molecule has 2 aromatic carbocycles. The summed E-state index contributed by atoms with van der Waals surface area (Å²) in [7, 11) is 0. The van der Waals surface area contributed by atoms with Crippen LogP contribution in [0.1, 0.15) is 46.4 Å². The number of hydrogen-bond donors (Lipinski definition) is 0. The van der Waals surface area contributed by atoms with E-state index in [0.29, 0.717) is 25.7 Å². The smallest absolute Gasteiger partial charge is 0.310 e. The molecule has 36 heavy (non-hydrogen) atoms.